The lowest BCUT2D eigenvalue weighted by Gasteiger charge is -2.04. The van der Waals surface area contributed by atoms with Crippen LogP contribution in [0.4, 0.5) is 11.4 Å². The van der Waals surface area contributed by atoms with Crippen LogP contribution in [-0.2, 0) is 0 Å². The number of ether oxygens (including phenoxy) is 1. The van der Waals surface area contributed by atoms with E-state index in [2.05, 4.69) is 9.69 Å². The molecule has 0 aromatic heterocycles. The van der Waals surface area contributed by atoms with E-state index in [4.69, 9.17) is 17.9 Å². The van der Waals surface area contributed by atoms with E-state index in [1.807, 2.05) is 0 Å². The van der Waals surface area contributed by atoms with Gasteiger partial charge in [-0.2, -0.15) is 0 Å². The summed E-state index contributed by atoms with van der Waals surface area (Å²) in [6.45, 7) is 13.6. The molecule has 13 heavy (non-hydrogen) atoms. The van der Waals surface area contributed by atoms with Gasteiger partial charge in [-0.1, -0.05) is 0 Å². The van der Waals surface area contributed by atoms with Gasteiger partial charge < -0.3 is 9.84 Å². The summed E-state index contributed by atoms with van der Waals surface area (Å²) in [6, 6.07) is 2.79. The zero-order chi connectivity index (χ0) is 9.84. The molecule has 0 heterocycles. The maximum Gasteiger partial charge on any atom is 0.239 e. The molecule has 0 amide bonds. The van der Waals surface area contributed by atoms with E-state index in [1.54, 1.807) is 0 Å². The minimum atomic E-state index is -0.193. The molecule has 0 radical (unpaired) electrons. The fourth-order valence-electron chi connectivity index (χ4n) is 0.933. The van der Waals surface area contributed by atoms with Gasteiger partial charge in [-0.25, -0.2) is 9.69 Å². The summed E-state index contributed by atoms with van der Waals surface area (Å²) in [7, 11) is 1.41. The second kappa shape index (κ2) is 3.46. The Labute approximate surface area is 75.6 Å². The zero-order valence-electron chi connectivity index (χ0n) is 6.90. The van der Waals surface area contributed by atoms with Gasteiger partial charge in [0.1, 0.15) is 11.5 Å². The maximum absolute atomic E-state index is 9.23. The molecule has 0 aliphatic carbocycles. The predicted octanol–water partition coefficient (Wildman–Crippen LogP) is 2.50. The molecule has 0 unspecified atom stereocenters. The van der Waals surface area contributed by atoms with Crippen molar-refractivity contribution in [3.05, 3.63) is 35.0 Å². The van der Waals surface area contributed by atoms with Crippen molar-refractivity contribution >= 4 is 11.4 Å². The van der Waals surface area contributed by atoms with Gasteiger partial charge in [-0.05, 0) is 12.1 Å². The minimum absolute atomic E-state index is 0.0532. The van der Waals surface area contributed by atoms with Crippen LogP contribution in [0.3, 0.4) is 0 Å². The van der Waals surface area contributed by atoms with E-state index in [0.29, 0.717) is 5.75 Å². The number of phenolic OH excluding ortho intramolecular Hbond substituents is 1. The Morgan fingerprint density at radius 1 is 1.23 bits per heavy atom. The van der Waals surface area contributed by atoms with Crippen LogP contribution in [0.2, 0.25) is 0 Å². The average Bonchev–Trinajstić information content (AvgIpc) is 2.17. The summed E-state index contributed by atoms with van der Waals surface area (Å²) in [5.74, 6) is 0.112. The van der Waals surface area contributed by atoms with E-state index in [0.717, 1.165) is 0 Å². The molecule has 1 rings (SSSR count). The highest BCUT2D eigenvalue weighted by atomic mass is 16.5. The second-order valence-electron chi connectivity index (χ2n) is 2.21. The molecule has 4 nitrogen and oxygen atoms in total. The Kier molecular flexibility index (Phi) is 2.37. The summed E-state index contributed by atoms with van der Waals surface area (Å²) in [4.78, 5) is 6.18. The SMILES string of the molecule is [C-]#[N+]c1c(O)ccc(OC)c1[N+]#[C-]. The van der Waals surface area contributed by atoms with Gasteiger partial charge >= 0.3 is 0 Å². The van der Waals surface area contributed by atoms with Crippen LogP contribution in [0.15, 0.2) is 12.1 Å². The molecule has 0 bridgehead atoms. The van der Waals surface area contributed by atoms with Crippen molar-refractivity contribution in [2.75, 3.05) is 7.11 Å². The Balaban J connectivity index is 3.50. The predicted molar refractivity (Wildman–Crippen MR) is 47.2 cm³/mol. The van der Waals surface area contributed by atoms with Gasteiger partial charge in [0.25, 0.3) is 0 Å². The number of phenols is 1. The van der Waals surface area contributed by atoms with E-state index in [9.17, 15) is 5.11 Å². The largest absolute Gasteiger partial charge is 0.521 e. The molecule has 0 saturated heterocycles. The summed E-state index contributed by atoms with van der Waals surface area (Å²) in [6.07, 6.45) is 0. The number of hydrogen-bond acceptors (Lipinski definition) is 2. The van der Waals surface area contributed by atoms with E-state index in [-0.39, 0.29) is 17.1 Å². The molecule has 0 saturated carbocycles. The molecule has 4 heteroatoms. The average molecular weight is 174 g/mol. The molecule has 0 spiro atoms. The third kappa shape index (κ3) is 1.38. The molecule has 0 aliphatic heterocycles. The monoisotopic (exact) mass is 174 g/mol. The molecule has 0 atom stereocenters. The number of hydrogen-bond donors (Lipinski definition) is 1. The fraction of sp³-hybridized carbons (Fsp3) is 0.111. The van der Waals surface area contributed by atoms with Crippen LogP contribution < -0.4 is 4.74 Å². The summed E-state index contributed by atoms with van der Waals surface area (Å²) < 4.78 is 4.87. The molecule has 1 aromatic carbocycles. The lowest BCUT2D eigenvalue weighted by Crippen LogP contribution is -1.82. The first-order valence-corrected chi connectivity index (χ1v) is 3.39. The third-order valence-electron chi connectivity index (χ3n) is 1.54. The highest BCUT2D eigenvalue weighted by Crippen LogP contribution is 2.43. The van der Waals surface area contributed by atoms with Crippen molar-refractivity contribution < 1.29 is 9.84 Å². The summed E-state index contributed by atoms with van der Waals surface area (Å²) in [5, 5.41) is 9.23. The third-order valence-corrected chi connectivity index (χ3v) is 1.54. The van der Waals surface area contributed by atoms with Gasteiger partial charge in [0.2, 0.25) is 11.4 Å². The van der Waals surface area contributed by atoms with Crippen LogP contribution in [0.1, 0.15) is 0 Å². The smallest absolute Gasteiger partial charge is 0.239 e. The highest BCUT2D eigenvalue weighted by molar-refractivity contribution is 5.82. The van der Waals surface area contributed by atoms with Gasteiger partial charge in [0.05, 0.1) is 20.3 Å². The van der Waals surface area contributed by atoms with Crippen LogP contribution >= 0.6 is 0 Å². The van der Waals surface area contributed by atoms with Crippen LogP contribution in [-0.4, -0.2) is 12.2 Å². The maximum atomic E-state index is 9.23. The van der Waals surface area contributed by atoms with Gasteiger partial charge in [-0.15, -0.1) is 0 Å². The first-order chi connectivity index (χ1) is 6.24. The van der Waals surface area contributed by atoms with Gasteiger partial charge in [0, 0.05) is 0 Å². The van der Waals surface area contributed by atoms with Crippen molar-refractivity contribution in [2.24, 2.45) is 0 Å². The highest BCUT2D eigenvalue weighted by Gasteiger charge is 2.13. The molecule has 1 aromatic rings. The number of methoxy groups -OCH3 is 1. The molecule has 1 N–H and O–H groups in total. The number of nitrogens with zero attached hydrogens (tertiary/aromatic N) is 2. The van der Waals surface area contributed by atoms with Crippen molar-refractivity contribution in [1.82, 2.24) is 0 Å². The summed E-state index contributed by atoms with van der Waals surface area (Å²) in [5.41, 5.74) is -0.00755. The van der Waals surface area contributed by atoms with Gasteiger partial charge in [-0.3, -0.25) is 0 Å². The zero-order valence-corrected chi connectivity index (χ0v) is 6.90. The Morgan fingerprint density at radius 3 is 2.31 bits per heavy atom. The number of rotatable bonds is 1. The molecular formula is C9H6N2O2. The Bertz CT molecular complexity index is 413. The first kappa shape index (κ1) is 8.89. The lowest BCUT2D eigenvalue weighted by molar-refractivity contribution is 0.415. The van der Waals surface area contributed by atoms with Crippen molar-refractivity contribution in [3.8, 4) is 11.5 Å². The van der Waals surface area contributed by atoms with Crippen LogP contribution in [0.5, 0.6) is 11.5 Å². The van der Waals surface area contributed by atoms with E-state index >= 15 is 0 Å². The van der Waals surface area contributed by atoms with Crippen LogP contribution in [0, 0.1) is 13.1 Å². The fourth-order valence-corrected chi connectivity index (χ4v) is 0.933. The quantitative estimate of drug-likeness (QED) is 0.664. The normalized spacial score (nSPS) is 8.54. The summed E-state index contributed by atoms with van der Waals surface area (Å²) >= 11 is 0. The standard InChI is InChI=1S/C9H6N2O2/c1-10-8-6(12)4-5-7(13-3)9(8)11-2/h4-5,12H,3H3. The topological polar surface area (TPSA) is 38.2 Å². The number of benzene rings is 1. The molecular weight excluding hydrogens is 168 g/mol. The lowest BCUT2D eigenvalue weighted by atomic mass is 10.2. The van der Waals surface area contributed by atoms with E-state index < -0.39 is 0 Å². The molecule has 0 fully saturated rings. The minimum Gasteiger partial charge on any atom is -0.521 e. The Hall–Kier alpha value is -2.20. The first-order valence-electron chi connectivity index (χ1n) is 3.39. The molecule has 64 valence electrons. The van der Waals surface area contributed by atoms with Gasteiger partial charge in [0.15, 0.2) is 0 Å². The molecule has 0 aliphatic rings. The Morgan fingerprint density at radius 2 is 1.85 bits per heavy atom. The van der Waals surface area contributed by atoms with Crippen molar-refractivity contribution in [3.63, 3.8) is 0 Å². The second-order valence-corrected chi connectivity index (χ2v) is 2.21. The van der Waals surface area contributed by atoms with Crippen LogP contribution in [0.25, 0.3) is 9.69 Å². The number of aromatic hydroxyl groups is 1. The van der Waals surface area contributed by atoms with E-state index in [1.165, 1.54) is 19.2 Å². The van der Waals surface area contributed by atoms with Crippen molar-refractivity contribution in [2.45, 2.75) is 0 Å². The van der Waals surface area contributed by atoms with Crippen molar-refractivity contribution in [1.29, 1.82) is 0 Å².